The topological polar surface area (TPSA) is 95.2 Å². The molecular formula is C19H22N5O2-. The molecule has 0 unspecified atom stereocenters. The van der Waals surface area contributed by atoms with Gasteiger partial charge in [0.15, 0.2) is 5.69 Å². The third-order valence-electron chi connectivity index (χ3n) is 4.73. The summed E-state index contributed by atoms with van der Waals surface area (Å²) in [6.07, 6.45) is 5.24. The summed E-state index contributed by atoms with van der Waals surface area (Å²) >= 11 is 0. The molecule has 0 aliphatic heterocycles. The number of hydrogen-bond donors (Lipinski definition) is 1. The first-order chi connectivity index (χ1) is 12.7. The number of nitrogens with zero attached hydrogens (tertiary/aromatic N) is 4. The van der Waals surface area contributed by atoms with Gasteiger partial charge in [-0.3, -0.25) is 4.79 Å². The van der Waals surface area contributed by atoms with Crippen LogP contribution in [0.1, 0.15) is 54.4 Å². The lowest BCUT2D eigenvalue weighted by Gasteiger charge is -2.12. The molecular weight excluding hydrogens is 330 g/mol. The number of aliphatic imine (C=N–C) groups is 1. The molecule has 0 bridgehead atoms. The summed E-state index contributed by atoms with van der Waals surface area (Å²) in [6.45, 7) is 2.30. The molecule has 4 rings (SSSR count). The lowest BCUT2D eigenvalue weighted by Crippen LogP contribution is -2.27. The van der Waals surface area contributed by atoms with Gasteiger partial charge in [-0.1, -0.05) is 17.3 Å². The van der Waals surface area contributed by atoms with E-state index in [0.717, 1.165) is 30.6 Å². The smallest absolute Gasteiger partial charge is 0.273 e. The van der Waals surface area contributed by atoms with Gasteiger partial charge in [-0.05, 0) is 68.5 Å². The fraction of sp³-hybridized carbons (Fsp3) is 0.474. The fourth-order valence-corrected chi connectivity index (χ4v) is 2.93. The van der Waals surface area contributed by atoms with Crippen LogP contribution in [0.5, 0.6) is 0 Å². The van der Waals surface area contributed by atoms with Crippen molar-refractivity contribution < 1.29 is 9.90 Å². The van der Waals surface area contributed by atoms with Crippen LogP contribution in [0.3, 0.4) is 0 Å². The van der Waals surface area contributed by atoms with E-state index in [-0.39, 0.29) is 17.8 Å². The second-order valence-electron chi connectivity index (χ2n) is 7.02. The highest BCUT2D eigenvalue weighted by atomic mass is 16.3. The van der Waals surface area contributed by atoms with E-state index < -0.39 is 0 Å². The van der Waals surface area contributed by atoms with Crippen LogP contribution in [0.25, 0.3) is 5.69 Å². The highest BCUT2D eigenvalue weighted by Crippen LogP contribution is 2.34. The van der Waals surface area contributed by atoms with Crippen LogP contribution in [-0.2, 0) is 6.42 Å². The minimum Gasteiger partial charge on any atom is -0.858 e. The maximum Gasteiger partial charge on any atom is 0.273 e. The Morgan fingerprint density at radius 3 is 2.62 bits per heavy atom. The van der Waals surface area contributed by atoms with Crippen LogP contribution < -0.4 is 10.4 Å². The molecule has 0 atom stereocenters. The summed E-state index contributed by atoms with van der Waals surface area (Å²) in [5.41, 5.74) is 2.62. The summed E-state index contributed by atoms with van der Waals surface area (Å²) in [6, 6.07) is 7.42. The van der Waals surface area contributed by atoms with Gasteiger partial charge in [0.05, 0.1) is 11.4 Å². The molecule has 1 aromatic heterocycles. The van der Waals surface area contributed by atoms with Gasteiger partial charge in [-0.2, -0.15) is 0 Å². The average Bonchev–Trinajstić information content (AvgIpc) is 3.56. The van der Waals surface area contributed by atoms with E-state index in [1.807, 2.05) is 19.1 Å². The molecule has 2 fully saturated rings. The molecule has 1 amide bonds. The second-order valence-corrected chi connectivity index (χ2v) is 7.02. The Morgan fingerprint density at radius 2 is 2.00 bits per heavy atom. The number of benzene rings is 1. The van der Waals surface area contributed by atoms with E-state index in [9.17, 15) is 9.90 Å². The van der Waals surface area contributed by atoms with E-state index in [2.05, 4.69) is 20.6 Å². The van der Waals surface area contributed by atoms with Crippen LogP contribution in [0.2, 0.25) is 0 Å². The van der Waals surface area contributed by atoms with Crippen molar-refractivity contribution in [2.24, 2.45) is 10.9 Å². The summed E-state index contributed by atoms with van der Waals surface area (Å²) in [5, 5.41) is 23.2. The predicted molar refractivity (Wildman–Crippen MR) is 95.4 cm³/mol. The Labute approximate surface area is 152 Å². The predicted octanol–water partition coefficient (Wildman–Crippen LogP) is 1.24. The summed E-state index contributed by atoms with van der Waals surface area (Å²) in [5.74, 6) is 0.243. The molecule has 1 heterocycles. The minimum absolute atomic E-state index is 0.136. The van der Waals surface area contributed by atoms with Crippen molar-refractivity contribution in [3.63, 3.8) is 0 Å². The number of nitrogens with one attached hydrogen (secondary N) is 1. The Balaban J connectivity index is 1.63. The number of aromatic nitrogens is 3. The average molecular weight is 352 g/mol. The first kappa shape index (κ1) is 16.8. The molecule has 7 heteroatoms. The standard InChI is InChI=1S/C19H23N5O2/c1-2-20-18(25)13-5-9-15(10-6-13)24-16(11-12-3-4-12)17(22-23-24)19(26)21-14-7-8-14/h5-6,9-10,12,14H,2-4,7-8,11H2,1H3,(H,20,25)(H,21,26)/p-1. The number of hydrogen-bond acceptors (Lipinski definition) is 5. The van der Waals surface area contributed by atoms with Crippen molar-refractivity contribution >= 4 is 11.8 Å². The molecule has 136 valence electrons. The Hall–Kier alpha value is -2.70. The Morgan fingerprint density at radius 1 is 1.27 bits per heavy atom. The SMILES string of the molecule is CCN=C([O-])c1ccc(-n2nnc(C(=O)NC3CC3)c2CC2CC2)cc1. The summed E-state index contributed by atoms with van der Waals surface area (Å²) in [7, 11) is 0. The van der Waals surface area contributed by atoms with E-state index in [1.165, 1.54) is 12.8 Å². The molecule has 2 aliphatic carbocycles. The van der Waals surface area contributed by atoms with Crippen LogP contribution in [0.4, 0.5) is 0 Å². The fourth-order valence-electron chi connectivity index (χ4n) is 2.93. The molecule has 0 saturated heterocycles. The zero-order valence-corrected chi connectivity index (χ0v) is 14.8. The van der Waals surface area contributed by atoms with Gasteiger partial charge in [0, 0.05) is 12.6 Å². The lowest BCUT2D eigenvalue weighted by atomic mass is 10.1. The number of carbonyl (C=O) groups is 1. The van der Waals surface area contributed by atoms with E-state index >= 15 is 0 Å². The van der Waals surface area contributed by atoms with Crippen molar-refractivity contribution in [2.75, 3.05) is 6.54 Å². The molecule has 2 aliphatic rings. The second kappa shape index (κ2) is 6.90. The number of carbonyl (C=O) groups excluding carboxylic acids is 1. The van der Waals surface area contributed by atoms with E-state index in [0.29, 0.717) is 23.7 Å². The van der Waals surface area contributed by atoms with Crippen molar-refractivity contribution in [2.45, 2.75) is 45.1 Å². The zero-order chi connectivity index (χ0) is 18.1. The van der Waals surface area contributed by atoms with Crippen molar-refractivity contribution in [3.8, 4) is 5.69 Å². The van der Waals surface area contributed by atoms with E-state index in [4.69, 9.17) is 0 Å². The highest BCUT2D eigenvalue weighted by Gasteiger charge is 2.31. The first-order valence-electron chi connectivity index (χ1n) is 9.23. The number of amides is 1. The molecule has 1 aromatic carbocycles. The molecule has 7 nitrogen and oxygen atoms in total. The third kappa shape index (κ3) is 3.61. The van der Waals surface area contributed by atoms with Gasteiger partial charge >= 0.3 is 0 Å². The van der Waals surface area contributed by atoms with Crippen LogP contribution in [0, 0.1) is 5.92 Å². The molecule has 1 N–H and O–H groups in total. The normalized spacial score (nSPS) is 17.3. The zero-order valence-electron chi connectivity index (χ0n) is 14.8. The third-order valence-corrected chi connectivity index (χ3v) is 4.73. The van der Waals surface area contributed by atoms with E-state index in [1.54, 1.807) is 16.8 Å². The van der Waals surface area contributed by atoms with Crippen LogP contribution in [0.15, 0.2) is 29.3 Å². The lowest BCUT2D eigenvalue weighted by molar-refractivity contribution is -0.213. The van der Waals surface area contributed by atoms with Gasteiger partial charge in [0.25, 0.3) is 5.91 Å². The maximum absolute atomic E-state index is 12.5. The molecule has 2 saturated carbocycles. The Kier molecular flexibility index (Phi) is 4.44. The largest absolute Gasteiger partial charge is 0.858 e. The van der Waals surface area contributed by atoms with Crippen LogP contribution >= 0.6 is 0 Å². The van der Waals surface area contributed by atoms with Gasteiger partial charge in [-0.25, -0.2) is 4.68 Å². The summed E-state index contributed by atoms with van der Waals surface area (Å²) in [4.78, 5) is 16.4. The maximum atomic E-state index is 12.5. The highest BCUT2D eigenvalue weighted by molar-refractivity contribution is 5.94. The molecule has 2 aromatic rings. The van der Waals surface area contributed by atoms with Gasteiger partial charge in [0.1, 0.15) is 0 Å². The number of rotatable bonds is 7. The Bertz CT molecular complexity index is 832. The molecule has 26 heavy (non-hydrogen) atoms. The molecule has 0 spiro atoms. The van der Waals surface area contributed by atoms with Gasteiger partial charge < -0.3 is 15.4 Å². The van der Waals surface area contributed by atoms with Crippen molar-refractivity contribution in [1.82, 2.24) is 20.3 Å². The summed E-state index contributed by atoms with van der Waals surface area (Å²) < 4.78 is 1.73. The van der Waals surface area contributed by atoms with Crippen LogP contribution in [-0.4, -0.2) is 39.4 Å². The minimum atomic E-state index is -0.222. The first-order valence-corrected chi connectivity index (χ1v) is 9.23. The van der Waals surface area contributed by atoms with Gasteiger partial charge in [0.2, 0.25) is 0 Å². The quantitative estimate of drug-likeness (QED) is 0.599. The van der Waals surface area contributed by atoms with Crippen molar-refractivity contribution in [3.05, 3.63) is 41.2 Å². The molecule has 0 radical (unpaired) electrons. The van der Waals surface area contributed by atoms with Gasteiger partial charge in [-0.15, -0.1) is 5.10 Å². The monoisotopic (exact) mass is 352 g/mol. The van der Waals surface area contributed by atoms with Crippen molar-refractivity contribution in [1.29, 1.82) is 0 Å².